The number of benzene rings is 1. The highest BCUT2D eigenvalue weighted by atomic mass is 32.2. The Morgan fingerprint density at radius 2 is 2.12 bits per heavy atom. The van der Waals surface area contributed by atoms with E-state index in [1.165, 1.54) is 0 Å². The van der Waals surface area contributed by atoms with Crippen LogP contribution < -0.4 is 10.0 Å². The van der Waals surface area contributed by atoms with Crippen LogP contribution in [0.1, 0.15) is 12.2 Å². The van der Waals surface area contributed by atoms with Gasteiger partial charge in [-0.05, 0) is 25.1 Å². The summed E-state index contributed by atoms with van der Waals surface area (Å²) in [5.74, 6) is 0.112. The first-order valence-corrected chi connectivity index (χ1v) is 9.24. The van der Waals surface area contributed by atoms with Crippen LogP contribution in [0.25, 0.3) is 11.3 Å². The van der Waals surface area contributed by atoms with Gasteiger partial charge in [-0.2, -0.15) is 0 Å². The molecule has 1 aromatic heterocycles. The molecule has 1 amide bonds. The molecule has 7 nitrogen and oxygen atoms in total. The average Bonchev–Trinajstić information content (AvgIpc) is 2.86. The number of rotatable bonds is 4. The fourth-order valence-corrected chi connectivity index (χ4v) is 3.80. The molecule has 0 bridgehead atoms. The third kappa shape index (κ3) is 3.77. The van der Waals surface area contributed by atoms with Crippen LogP contribution in [-0.2, 0) is 14.8 Å². The first kappa shape index (κ1) is 16.5. The lowest BCUT2D eigenvalue weighted by Gasteiger charge is -2.17. The summed E-state index contributed by atoms with van der Waals surface area (Å²) in [6.45, 7) is 2.16. The summed E-state index contributed by atoms with van der Waals surface area (Å²) in [5.41, 5.74) is 2.38. The number of aryl methyl sites for hydroxylation is 1. The number of hydrogen-bond donors (Lipinski definition) is 1. The minimum atomic E-state index is -3.59. The highest BCUT2D eigenvalue weighted by molar-refractivity contribution is 7.89. The van der Waals surface area contributed by atoms with Gasteiger partial charge in [0.1, 0.15) is 5.82 Å². The predicted octanol–water partition coefficient (Wildman–Crippen LogP) is 1.09. The molecule has 1 saturated heterocycles. The van der Waals surface area contributed by atoms with Crippen LogP contribution in [0.15, 0.2) is 36.5 Å². The molecule has 0 spiro atoms. The van der Waals surface area contributed by atoms with Crippen molar-refractivity contribution in [3.05, 3.63) is 42.4 Å². The molecule has 1 aliphatic rings. The molecule has 2 heterocycles. The summed E-state index contributed by atoms with van der Waals surface area (Å²) in [7, 11) is -3.59. The SMILES string of the molecule is Cc1nccc(-c2cccc(N3CC(CS(N)(=O)=O)CC3=O)c2)n1. The van der Waals surface area contributed by atoms with Gasteiger partial charge in [0.2, 0.25) is 15.9 Å². The highest BCUT2D eigenvalue weighted by Gasteiger charge is 2.32. The fraction of sp³-hybridized carbons (Fsp3) is 0.312. The Labute approximate surface area is 140 Å². The third-order valence-electron chi connectivity index (χ3n) is 3.90. The van der Waals surface area contributed by atoms with Gasteiger partial charge >= 0.3 is 0 Å². The molecule has 126 valence electrons. The van der Waals surface area contributed by atoms with E-state index in [1.807, 2.05) is 37.3 Å². The number of primary sulfonamides is 1. The van der Waals surface area contributed by atoms with Crippen molar-refractivity contribution in [2.75, 3.05) is 17.2 Å². The van der Waals surface area contributed by atoms with Crippen molar-refractivity contribution < 1.29 is 13.2 Å². The number of amides is 1. The van der Waals surface area contributed by atoms with Crippen LogP contribution >= 0.6 is 0 Å². The number of aromatic nitrogens is 2. The Hall–Kier alpha value is -2.32. The summed E-state index contributed by atoms with van der Waals surface area (Å²) >= 11 is 0. The topological polar surface area (TPSA) is 106 Å². The second kappa shape index (κ2) is 6.29. The molecule has 1 unspecified atom stereocenters. The van der Waals surface area contributed by atoms with Crippen LogP contribution in [0.5, 0.6) is 0 Å². The van der Waals surface area contributed by atoms with Gasteiger partial charge in [-0.25, -0.2) is 23.5 Å². The molecular weight excluding hydrogens is 328 g/mol. The zero-order chi connectivity index (χ0) is 17.3. The molecule has 1 atom stereocenters. The fourth-order valence-electron chi connectivity index (χ4n) is 2.92. The van der Waals surface area contributed by atoms with Gasteiger partial charge in [-0.3, -0.25) is 4.79 Å². The van der Waals surface area contributed by atoms with Crippen molar-refractivity contribution in [3.63, 3.8) is 0 Å². The number of hydrogen-bond acceptors (Lipinski definition) is 5. The summed E-state index contributed by atoms with van der Waals surface area (Å²) < 4.78 is 22.5. The molecule has 1 aliphatic heterocycles. The van der Waals surface area contributed by atoms with Gasteiger partial charge in [0.25, 0.3) is 0 Å². The predicted molar refractivity (Wildman–Crippen MR) is 90.6 cm³/mol. The summed E-state index contributed by atoms with van der Waals surface area (Å²) in [6.07, 6.45) is 1.88. The maximum Gasteiger partial charge on any atom is 0.227 e. The van der Waals surface area contributed by atoms with Gasteiger partial charge in [-0.15, -0.1) is 0 Å². The van der Waals surface area contributed by atoms with E-state index >= 15 is 0 Å². The molecule has 0 aliphatic carbocycles. The van der Waals surface area contributed by atoms with Crippen molar-refractivity contribution >= 4 is 21.6 Å². The standard InChI is InChI=1S/C16H18N4O3S/c1-11-18-6-5-15(19-11)13-3-2-4-14(8-13)20-9-12(7-16(20)21)10-24(17,22)23/h2-6,8,12H,7,9-10H2,1H3,(H2,17,22,23). The summed E-state index contributed by atoms with van der Waals surface area (Å²) in [6, 6.07) is 9.27. The van der Waals surface area contributed by atoms with Crippen molar-refractivity contribution in [3.8, 4) is 11.3 Å². The van der Waals surface area contributed by atoms with Gasteiger partial charge in [-0.1, -0.05) is 12.1 Å². The quantitative estimate of drug-likeness (QED) is 0.892. The number of carbonyl (C=O) groups excluding carboxylic acids is 1. The number of carbonyl (C=O) groups is 1. The lowest BCUT2D eigenvalue weighted by molar-refractivity contribution is -0.117. The lowest BCUT2D eigenvalue weighted by atomic mass is 10.1. The second-order valence-electron chi connectivity index (χ2n) is 5.94. The molecule has 24 heavy (non-hydrogen) atoms. The van der Waals surface area contributed by atoms with Crippen molar-refractivity contribution in [1.29, 1.82) is 0 Å². The van der Waals surface area contributed by atoms with E-state index in [4.69, 9.17) is 5.14 Å². The largest absolute Gasteiger partial charge is 0.312 e. The van der Waals surface area contributed by atoms with E-state index in [2.05, 4.69) is 9.97 Å². The van der Waals surface area contributed by atoms with Crippen LogP contribution in [0, 0.1) is 12.8 Å². The van der Waals surface area contributed by atoms with Gasteiger partial charge in [0.05, 0.1) is 11.4 Å². The van der Waals surface area contributed by atoms with E-state index in [0.717, 1.165) is 16.9 Å². The molecule has 0 radical (unpaired) electrons. The Morgan fingerprint density at radius 1 is 1.33 bits per heavy atom. The smallest absolute Gasteiger partial charge is 0.227 e. The Bertz CT molecular complexity index is 882. The van der Waals surface area contributed by atoms with Crippen molar-refractivity contribution in [1.82, 2.24) is 9.97 Å². The van der Waals surface area contributed by atoms with Crippen molar-refractivity contribution in [2.24, 2.45) is 11.1 Å². The molecule has 3 rings (SSSR count). The first-order chi connectivity index (χ1) is 11.3. The summed E-state index contributed by atoms with van der Waals surface area (Å²) in [4.78, 5) is 22.3. The van der Waals surface area contributed by atoms with Crippen molar-refractivity contribution in [2.45, 2.75) is 13.3 Å². The maximum atomic E-state index is 12.2. The third-order valence-corrected chi connectivity index (χ3v) is 4.84. The molecule has 0 saturated carbocycles. The molecule has 1 fully saturated rings. The van der Waals surface area contributed by atoms with E-state index in [-0.39, 0.29) is 24.0 Å². The molecule has 8 heteroatoms. The van der Waals surface area contributed by atoms with E-state index in [1.54, 1.807) is 11.1 Å². The normalized spacial score (nSPS) is 18.2. The van der Waals surface area contributed by atoms with Crippen LogP contribution in [-0.4, -0.2) is 36.6 Å². The van der Waals surface area contributed by atoms with E-state index in [9.17, 15) is 13.2 Å². The summed E-state index contributed by atoms with van der Waals surface area (Å²) in [5, 5.41) is 5.09. The highest BCUT2D eigenvalue weighted by Crippen LogP contribution is 2.29. The van der Waals surface area contributed by atoms with Gasteiger partial charge < -0.3 is 4.90 Å². The maximum absolute atomic E-state index is 12.2. The zero-order valence-corrected chi connectivity index (χ0v) is 14.0. The minimum Gasteiger partial charge on any atom is -0.312 e. The Kier molecular flexibility index (Phi) is 4.33. The van der Waals surface area contributed by atoms with E-state index < -0.39 is 10.0 Å². The van der Waals surface area contributed by atoms with Crippen LogP contribution in [0.2, 0.25) is 0 Å². The Morgan fingerprint density at radius 3 is 2.83 bits per heavy atom. The second-order valence-corrected chi connectivity index (χ2v) is 7.60. The number of nitrogens with two attached hydrogens (primary N) is 1. The van der Waals surface area contributed by atoms with Gasteiger partial charge in [0.15, 0.2) is 0 Å². The molecule has 2 aromatic rings. The lowest BCUT2D eigenvalue weighted by Crippen LogP contribution is -2.27. The minimum absolute atomic E-state index is 0.0975. The van der Waals surface area contributed by atoms with Crippen LogP contribution in [0.4, 0.5) is 5.69 Å². The van der Waals surface area contributed by atoms with Gasteiger partial charge in [0, 0.05) is 36.3 Å². The zero-order valence-electron chi connectivity index (χ0n) is 13.2. The molecule has 2 N–H and O–H groups in total. The Balaban J connectivity index is 1.85. The number of anilines is 1. The van der Waals surface area contributed by atoms with E-state index in [0.29, 0.717) is 12.4 Å². The molecule has 1 aromatic carbocycles. The monoisotopic (exact) mass is 346 g/mol. The number of nitrogens with zero attached hydrogens (tertiary/aromatic N) is 3. The molecular formula is C16H18N4O3S. The number of sulfonamides is 1. The average molecular weight is 346 g/mol. The van der Waals surface area contributed by atoms with Crippen LogP contribution in [0.3, 0.4) is 0 Å². The first-order valence-electron chi connectivity index (χ1n) is 7.53.